The zero-order valence-electron chi connectivity index (χ0n) is 7.25. The number of anilines is 1. The van der Waals surface area contributed by atoms with Crippen LogP contribution in [0.3, 0.4) is 0 Å². The maximum Gasteiger partial charge on any atom is 0.138 e. The first kappa shape index (κ1) is 8.26. The quantitative estimate of drug-likeness (QED) is 0.664. The topological polar surface area (TPSA) is 80.5 Å². The van der Waals surface area contributed by atoms with Crippen molar-refractivity contribution in [1.82, 2.24) is 14.8 Å². The Labute approximate surface area is 80.4 Å². The Kier molecular flexibility index (Phi) is 1.88. The summed E-state index contributed by atoms with van der Waals surface area (Å²) in [5, 5.41) is 12.7. The highest BCUT2D eigenvalue weighted by Gasteiger charge is 2.01. The summed E-state index contributed by atoms with van der Waals surface area (Å²) in [7, 11) is 0. The average Bonchev–Trinajstić information content (AvgIpc) is 2.71. The number of nitrogens with zero attached hydrogens (tertiary/aromatic N) is 4. The fourth-order valence-corrected chi connectivity index (χ4v) is 1.13. The second-order valence-corrected chi connectivity index (χ2v) is 2.72. The van der Waals surface area contributed by atoms with Gasteiger partial charge in [0, 0.05) is 5.69 Å². The van der Waals surface area contributed by atoms with Crippen molar-refractivity contribution >= 4 is 5.69 Å². The van der Waals surface area contributed by atoms with Gasteiger partial charge in [0.25, 0.3) is 0 Å². The van der Waals surface area contributed by atoms with E-state index in [0.717, 1.165) is 5.69 Å². The van der Waals surface area contributed by atoms with Gasteiger partial charge in [0.2, 0.25) is 0 Å². The first-order valence-corrected chi connectivity index (χ1v) is 3.96. The van der Waals surface area contributed by atoms with Crippen LogP contribution in [0, 0.1) is 11.3 Å². The van der Waals surface area contributed by atoms with E-state index in [9.17, 15) is 0 Å². The molecular formula is C9H7N5. The molecule has 2 aromatic rings. The molecule has 0 spiro atoms. The molecule has 0 saturated heterocycles. The van der Waals surface area contributed by atoms with Crippen molar-refractivity contribution in [2.75, 3.05) is 5.73 Å². The number of hydrogen-bond donors (Lipinski definition) is 1. The van der Waals surface area contributed by atoms with Crippen LogP contribution in [0.5, 0.6) is 0 Å². The largest absolute Gasteiger partial charge is 0.398 e. The summed E-state index contributed by atoms with van der Waals surface area (Å²) in [5.41, 5.74) is 7.27. The molecule has 0 aliphatic heterocycles. The average molecular weight is 185 g/mol. The van der Waals surface area contributed by atoms with E-state index in [1.807, 2.05) is 6.07 Å². The lowest BCUT2D eigenvalue weighted by Crippen LogP contribution is -1.97. The van der Waals surface area contributed by atoms with E-state index in [0.29, 0.717) is 11.3 Å². The summed E-state index contributed by atoms with van der Waals surface area (Å²) in [4.78, 5) is 3.81. The lowest BCUT2D eigenvalue weighted by atomic mass is 10.2. The van der Waals surface area contributed by atoms with Crippen LogP contribution >= 0.6 is 0 Å². The van der Waals surface area contributed by atoms with Gasteiger partial charge in [0.1, 0.15) is 18.7 Å². The normalized spacial score (nSPS) is 9.64. The van der Waals surface area contributed by atoms with Gasteiger partial charge < -0.3 is 5.73 Å². The molecule has 5 nitrogen and oxygen atoms in total. The SMILES string of the molecule is N#Cc1cc(-n2cncn2)ccc1N. The molecule has 2 rings (SSSR count). The number of nitriles is 1. The van der Waals surface area contributed by atoms with Crippen molar-refractivity contribution < 1.29 is 0 Å². The van der Waals surface area contributed by atoms with E-state index in [-0.39, 0.29) is 0 Å². The summed E-state index contributed by atoms with van der Waals surface area (Å²) < 4.78 is 1.57. The molecule has 2 N–H and O–H groups in total. The van der Waals surface area contributed by atoms with Gasteiger partial charge in [-0.3, -0.25) is 0 Å². The number of benzene rings is 1. The predicted octanol–water partition coefficient (Wildman–Crippen LogP) is 0.721. The molecule has 0 aliphatic rings. The number of aromatic nitrogens is 3. The molecule has 0 unspecified atom stereocenters. The summed E-state index contributed by atoms with van der Waals surface area (Å²) in [6.45, 7) is 0. The third-order valence-electron chi connectivity index (χ3n) is 1.84. The molecule has 0 saturated carbocycles. The summed E-state index contributed by atoms with van der Waals surface area (Å²) in [5.74, 6) is 0. The number of nitrogen functional groups attached to an aromatic ring is 1. The van der Waals surface area contributed by atoms with Crippen molar-refractivity contribution in [2.24, 2.45) is 0 Å². The van der Waals surface area contributed by atoms with Gasteiger partial charge in [-0.05, 0) is 18.2 Å². The van der Waals surface area contributed by atoms with E-state index >= 15 is 0 Å². The Morgan fingerprint density at radius 3 is 2.93 bits per heavy atom. The Bertz CT molecular complexity index is 480. The van der Waals surface area contributed by atoms with Gasteiger partial charge in [0.15, 0.2) is 0 Å². The molecule has 0 bridgehead atoms. The zero-order valence-corrected chi connectivity index (χ0v) is 7.25. The highest BCUT2D eigenvalue weighted by Crippen LogP contribution is 2.14. The summed E-state index contributed by atoms with van der Waals surface area (Å²) in [6.07, 6.45) is 3.00. The number of nitrogens with two attached hydrogens (primary N) is 1. The molecule has 1 aromatic carbocycles. The van der Waals surface area contributed by atoms with Gasteiger partial charge >= 0.3 is 0 Å². The molecule has 68 valence electrons. The van der Waals surface area contributed by atoms with Crippen molar-refractivity contribution in [3.8, 4) is 11.8 Å². The van der Waals surface area contributed by atoms with Gasteiger partial charge in [-0.2, -0.15) is 10.4 Å². The smallest absolute Gasteiger partial charge is 0.138 e. The standard InChI is InChI=1S/C9H7N5/c10-4-7-3-8(1-2-9(7)11)14-6-12-5-13-14/h1-3,5-6H,11H2. The second-order valence-electron chi connectivity index (χ2n) is 2.72. The van der Waals surface area contributed by atoms with E-state index in [1.165, 1.54) is 6.33 Å². The van der Waals surface area contributed by atoms with Crippen LogP contribution in [0.1, 0.15) is 5.56 Å². The maximum absolute atomic E-state index is 8.77. The Morgan fingerprint density at radius 2 is 2.29 bits per heavy atom. The third kappa shape index (κ3) is 1.29. The second kappa shape index (κ2) is 3.18. The number of rotatable bonds is 1. The summed E-state index contributed by atoms with van der Waals surface area (Å²) in [6, 6.07) is 7.14. The molecule has 0 fully saturated rings. The monoisotopic (exact) mass is 185 g/mol. The lowest BCUT2D eigenvalue weighted by Gasteiger charge is -2.02. The molecule has 0 atom stereocenters. The molecule has 14 heavy (non-hydrogen) atoms. The molecule has 1 aromatic heterocycles. The maximum atomic E-state index is 8.77. The van der Waals surface area contributed by atoms with Gasteiger partial charge in [-0.25, -0.2) is 9.67 Å². The molecule has 0 aliphatic carbocycles. The van der Waals surface area contributed by atoms with Gasteiger partial charge in [-0.1, -0.05) is 0 Å². The third-order valence-corrected chi connectivity index (χ3v) is 1.84. The van der Waals surface area contributed by atoms with Crippen molar-refractivity contribution in [3.05, 3.63) is 36.4 Å². The van der Waals surface area contributed by atoms with Crippen LogP contribution in [0.4, 0.5) is 5.69 Å². The van der Waals surface area contributed by atoms with Crippen LogP contribution in [-0.4, -0.2) is 14.8 Å². The van der Waals surface area contributed by atoms with Crippen LogP contribution < -0.4 is 5.73 Å². The fraction of sp³-hybridized carbons (Fsp3) is 0. The Hall–Kier alpha value is -2.35. The minimum atomic E-state index is 0.443. The van der Waals surface area contributed by atoms with E-state index in [4.69, 9.17) is 11.0 Å². The van der Waals surface area contributed by atoms with Crippen molar-refractivity contribution in [1.29, 1.82) is 5.26 Å². The van der Waals surface area contributed by atoms with E-state index in [2.05, 4.69) is 10.1 Å². The Balaban J connectivity index is 2.53. The minimum absolute atomic E-state index is 0.443. The fourth-order valence-electron chi connectivity index (χ4n) is 1.13. The first-order valence-electron chi connectivity index (χ1n) is 3.96. The van der Waals surface area contributed by atoms with Crippen molar-refractivity contribution in [3.63, 3.8) is 0 Å². The number of hydrogen-bond acceptors (Lipinski definition) is 4. The molecular weight excluding hydrogens is 178 g/mol. The molecule has 1 heterocycles. The highest BCUT2D eigenvalue weighted by atomic mass is 15.3. The minimum Gasteiger partial charge on any atom is -0.398 e. The predicted molar refractivity (Wildman–Crippen MR) is 50.5 cm³/mol. The summed E-state index contributed by atoms with van der Waals surface area (Å²) >= 11 is 0. The molecule has 0 radical (unpaired) electrons. The lowest BCUT2D eigenvalue weighted by molar-refractivity contribution is 0.879. The van der Waals surface area contributed by atoms with E-state index < -0.39 is 0 Å². The van der Waals surface area contributed by atoms with Crippen LogP contribution in [0.15, 0.2) is 30.9 Å². The first-order chi connectivity index (χ1) is 6.81. The van der Waals surface area contributed by atoms with Gasteiger partial charge in [0.05, 0.1) is 11.3 Å². The zero-order chi connectivity index (χ0) is 9.97. The van der Waals surface area contributed by atoms with Crippen LogP contribution in [-0.2, 0) is 0 Å². The molecule has 0 amide bonds. The van der Waals surface area contributed by atoms with Crippen LogP contribution in [0.25, 0.3) is 5.69 Å². The highest BCUT2D eigenvalue weighted by molar-refractivity contribution is 5.58. The molecule has 5 heteroatoms. The van der Waals surface area contributed by atoms with Gasteiger partial charge in [-0.15, -0.1) is 0 Å². The van der Waals surface area contributed by atoms with Crippen molar-refractivity contribution in [2.45, 2.75) is 0 Å². The van der Waals surface area contributed by atoms with Crippen LogP contribution in [0.2, 0.25) is 0 Å². The van der Waals surface area contributed by atoms with E-state index in [1.54, 1.807) is 29.2 Å². The Morgan fingerprint density at radius 1 is 1.43 bits per heavy atom.